The lowest BCUT2D eigenvalue weighted by Crippen LogP contribution is -2.54. The first-order valence-corrected chi connectivity index (χ1v) is 9.65. The monoisotopic (exact) mass is 386 g/mol. The Balaban J connectivity index is 1.60. The predicted octanol–water partition coefficient (Wildman–Crippen LogP) is 2.53. The van der Waals surface area contributed by atoms with E-state index in [4.69, 9.17) is 4.74 Å². The Labute approximate surface area is 164 Å². The highest BCUT2D eigenvalue weighted by molar-refractivity contribution is 6.09. The second-order valence-electron chi connectivity index (χ2n) is 7.84. The van der Waals surface area contributed by atoms with Crippen LogP contribution in [0.15, 0.2) is 18.2 Å². The Morgan fingerprint density at radius 2 is 2.00 bits per heavy atom. The average Bonchev–Trinajstić information content (AvgIpc) is 2.89. The predicted molar refractivity (Wildman–Crippen MR) is 102 cm³/mol. The van der Waals surface area contributed by atoms with E-state index in [2.05, 4.69) is 5.32 Å². The van der Waals surface area contributed by atoms with Crippen molar-refractivity contribution in [2.75, 3.05) is 13.2 Å². The maximum absolute atomic E-state index is 12.8. The topological polar surface area (TPSA) is 92.8 Å². The number of nitrogens with zero attached hydrogens (tertiary/aromatic N) is 1. The fourth-order valence-corrected chi connectivity index (χ4v) is 4.07. The van der Waals surface area contributed by atoms with Gasteiger partial charge in [0.15, 0.2) is 6.61 Å². The summed E-state index contributed by atoms with van der Waals surface area (Å²) < 4.78 is 5.05. The van der Waals surface area contributed by atoms with Gasteiger partial charge in [-0.2, -0.15) is 0 Å². The molecule has 2 aliphatic rings. The lowest BCUT2D eigenvalue weighted by molar-refractivity contribution is -0.147. The fraction of sp³-hybridized carbons (Fsp3) is 0.524. The third kappa shape index (κ3) is 3.66. The molecule has 7 heteroatoms. The first-order chi connectivity index (χ1) is 13.2. The van der Waals surface area contributed by atoms with Crippen LogP contribution in [-0.2, 0) is 14.3 Å². The van der Waals surface area contributed by atoms with Crippen molar-refractivity contribution >= 4 is 23.7 Å². The number of amides is 3. The van der Waals surface area contributed by atoms with E-state index < -0.39 is 30.7 Å². The molecular formula is C21H26N2O5. The van der Waals surface area contributed by atoms with Crippen LogP contribution in [0.3, 0.4) is 0 Å². The first-order valence-electron chi connectivity index (χ1n) is 9.65. The molecule has 1 N–H and O–H groups in total. The van der Waals surface area contributed by atoms with Crippen LogP contribution in [0.5, 0.6) is 0 Å². The Morgan fingerprint density at radius 1 is 1.25 bits per heavy atom. The van der Waals surface area contributed by atoms with Crippen LogP contribution in [0, 0.1) is 19.8 Å². The smallest absolute Gasteiger partial charge is 0.326 e. The van der Waals surface area contributed by atoms with Crippen LogP contribution < -0.4 is 5.32 Å². The SMILES string of the molecule is Cc1ccc(C)c(C(=O)COC(=O)CN2C(=O)N[C@@]3(CCCC[C@@H]3C)C2=O)c1. The number of urea groups is 1. The zero-order valence-electron chi connectivity index (χ0n) is 16.5. The molecule has 3 amide bonds. The molecule has 0 radical (unpaired) electrons. The largest absolute Gasteiger partial charge is 0.456 e. The number of esters is 1. The van der Waals surface area contributed by atoms with Gasteiger partial charge in [-0.25, -0.2) is 4.79 Å². The molecule has 28 heavy (non-hydrogen) atoms. The second-order valence-corrected chi connectivity index (χ2v) is 7.84. The van der Waals surface area contributed by atoms with E-state index in [-0.39, 0.29) is 17.6 Å². The normalized spacial score (nSPS) is 24.4. The molecule has 0 unspecified atom stereocenters. The Bertz CT molecular complexity index is 834. The van der Waals surface area contributed by atoms with Gasteiger partial charge in [-0.3, -0.25) is 19.3 Å². The van der Waals surface area contributed by atoms with E-state index in [9.17, 15) is 19.2 Å². The number of imide groups is 1. The molecule has 150 valence electrons. The van der Waals surface area contributed by atoms with Crippen LogP contribution in [0.1, 0.15) is 54.1 Å². The van der Waals surface area contributed by atoms with E-state index in [1.54, 1.807) is 6.07 Å². The summed E-state index contributed by atoms with van der Waals surface area (Å²) in [6, 6.07) is 4.91. The molecule has 1 heterocycles. The van der Waals surface area contributed by atoms with Crippen molar-refractivity contribution in [2.24, 2.45) is 5.92 Å². The number of ether oxygens (including phenoxy) is 1. The molecule has 3 rings (SSSR count). The number of Topliss-reactive ketones (excluding diaryl/α,β-unsaturated/α-hetero) is 1. The molecule has 0 aromatic heterocycles. The standard InChI is InChI=1S/C21H26N2O5/c1-13-7-8-14(2)16(10-13)17(24)12-28-18(25)11-23-19(26)21(22-20(23)27)9-5-4-6-15(21)3/h7-8,10,15H,4-6,9,11-12H2,1-3H3,(H,22,27)/t15-,21+/m0/s1. The summed E-state index contributed by atoms with van der Waals surface area (Å²) in [5, 5.41) is 2.79. The van der Waals surface area contributed by atoms with Crippen LogP contribution in [-0.4, -0.2) is 47.3 Å². The summed E-state index contributed by atoms with van der Waals surface area (Å²) in [4.78, 5) is 50.6. The van der Waals surface area contributed by atoms with Gasteiger partial charge in [0, 0.05) is 5.56 Å². The molecule has 1 saturated carbocycles. The van der Waals surface area contributed by atoms with Crippen molar-refractivity contribution < 1.29 is 23.9 Å². The van der Waals surface area contributed by atoms with Gasteiger partial charge in [0.25, 0.3) is 5.91 Å². The van der Waals surface area contributed by atoms with Gasteiger partial charge in [-0.1, -0.05) is 37.5 Å². The fourth-order valence-electron chi connectivity index (χ4n) is 4.07. The number of hydrogen-bond acceptors (Lipinski definition) is 5. The van der Waals surface area contributed by atoms with E-state index in [0.29, 0.717) is 12.0 Å². The number of aryl methyl sites for hydroxylation is 2. The third-order valence-corrected chi connectivity index (χ3v) is 5.85. The molecule has 1 spiro atoms. The highest BCUT2D eigenvalue weighted by Crippen LogP contribution is 2.38. The minimum Gasteiger partial charge on any atom is -0.456 e. The van der Waals surface area contributed by atoms with Gasteiger partial charge in [-0.05, 0) is 44.2 Å². The van der Waals surface area contributed by atoms with E-state index in [0.717, 1.165) is 35.3 Å². The van der Waals surface area contributed by atoms with Crippen molar-refractivity contribution in [3.8, 4) is 0 Å². The molecule has 0 bridgehead atoms. The molecule has 7 nitrogen and oxygen atoms in total. The Kier molecular flexibility index (Phi) is 5.54. The summed E-state index contributed by atoms with van der Waals surface area (Å²) in [6.45, 7) is 4.73. The van der Waals surface area contributed by atoms with Crippen molar-refractivity contribution in [2.45, 2.75) is 52.0 Å². The summed E-state index contributed by atoms with van der Waals surface area (Å²) in [5.41, 5.74) is 1.32. The molecule has 1 aromatic rings. The highest BCUT2D eigenvalue weighted by atomic mass is 16.5. The van der Waals surface area contributed by atoms with Gasteiger partial charge < -0.3 is 10.1 Å². The number of ketones is 1. The van der Waals surface area contributed by atoms with Gasteiger partial charge in [0.1, 0.15) is 12.1 Å². The molecule has 1 saturated heterocycles. The summed E-state index contributed by atoms with van der Waals surface area (Å²) in [7, 11) is 0. The zero-order chi connectivity index (χ0) is 20.5. The van der Waals surface area contributed by atoms with Gasteiger partial charge in [0.05, 0.1) is 0 Å². The van der Waals surface area contributed by atoms with Gasteiger partial charge >= 0.3 is 12.0 Å². The lowest BCUT2D eigenvalue weighted by atomic mass is 9.73. The summed E-state index contributed by atoms with van der Waals surface area (Å²) in [5.74, 6) is -1.45. The molecule has 1 aliphatic carbocycles. The van der Waals surface area contributed by atoms with Crippen LogP contribution >= 0.6 is 0 Å². The molecule has 1 aromatic carbocycles. The molecule has 1 aliphatic heterocycles. The summed E-state index contributed by atoms with van der Waals surface area (Å²) >= 11 is 0. The number of carbonyl (C=O) groups is 4. The second kappa shape index (κ2) is 7.73. The van der Waals surface area contributed by atoms with Crippen molar-refractivity contribution in [1.82, 2.24) is 10.2 Å². The highest BCUT2D eigenvalue weighted by Gasteiger charge is 2.55. The quantitative estimate of drug-likeness (QED) is 0.477. The third-order valence-electron chi connectivity index (χ3n) is 5.85. The van der Waals surface area contributed by atoms with Crippen LogP contribution in [0.4, 0.5) is 4.79 Å². The Morgan fingerprint density at radius 3 is 2.71 bits per heavy atom. The molecule has 2 fully saturated rings. The first kappa shape index (κ1) is 20.0. The maximum Gasteiger partial charge on any atom is 0.326 e. The zero-order valence-corrected chi connectivity index (χ0v) is 16.5. The number of hydrogen-bond donors (Lipinski definition) is 1. The van der Waals surface area contributed by atoms with E-state index in [1.165, 1.54) is 0 Å². The minimum absolute atomic E-state index is 0.0181. The van der Waals surface area contributed by atoms with Crippen molar-refractivity contribution in [3.63, 3.8) is 0 Å². The molecule has 2 atom stereocenters. The van der Waals surface area contributed by atoms with Gasteiger partial charge in [-0.15, -0.1) is 0 Å². The van der Waals surface area contributed by atoms with Gasteiger partial charge in [0.2, 0.25) is 5.78 Å². The Hall–Kier alpha value is -2.70. The average molecular weight is 386 g/mol. The van der Waals surface area contributed by atoms with Crippen molar-refractivity contribution in [3.05, 3.63) is 34.9 Å². The van der Waals surface area contributed by atoms with E-state index in [1.807, 2.05) is 32.9 Å². The number of nitrogens with one attached hydrogen (secondary N) is 1. The lowest BCUT2D eigenvalue weighted by Gasteiger charge is -2.36. The maximum atomic E-state index is 12.8. The number of rotatable bonds is 5. The molecular weight excluding hydrogens is 360 g/mol. The minimum atomic E-state index is -0.913. The van der Waals surface area contributed by atoms with Crippen molar-refractivity contribution in [1.29, 1.82) is 0 Å². The number of benzene rings is 1. The van der Waals surface area contributed by atoms with E-state index >= 15 is 0 Å². The summed E-state index contributed by atoms with van der Waals surface area (Å²) in [6.07, 6.45) is 3.32. The van der Waals surface area contributed by atoms with Crippen LogP contribution in [0.25, 0.3) is 0 Å². The number of carbonyl (C=O) groups excluding carboxylic acids is 4. The van der Waals surface area contributed by atoms with Crippen LogP contribution in [0.2, 0.25) is 0 Å².